The van der Waals surface area contributed by atoms with Crippen LogP contribution < -0.4 is 0 Å². The Kier molecular flexibility index (Phi) is 4.17. The summed E-state index contributed by atoms with van der Waals surface area (Å²) in [5.74, 6) is -1.18. The molecule has 0 saturated carbocycles. The predicted molar refractivity (Wildman–Crippen MR) is 79.3 cm³/mol. The summed E-state index contributed by atoms with van der Waals surface area (Å²) in [6.07, 6.45) is 5.17. The Balaban J connectivity index is 2.05. The Labute approximate surface area is 132 Å². The number of halogens is 2. The van der Waals surface area contributed by atoms with Gasteiger partial charge in [-0.05, 0) is 24.6 Å². The van der Waals surface area contributed by atoms with Gasteiger partial charge in [0, 0.05) is 5.02 Å². The zero-order valence-electron chi connectivity index (χ0n) is 11.5. The van der Waals surface area contributed by atoms with E-state index in [9.17, 15) is 0 Å². The monoisotopic (exact) mass is 327 g/mol. The molecule has 0 spiro atoms. The van der Waals surface area contributed by atoms with Crippen molar-refractivity contribution in [1.29, 1.82) is 0 Å². The maximum atomic E-state index is 6.33. The van der Waals surface area contributed by atoms with Gasteiger partial charge in [0.05, 0.1) is 35.7 Å². The van der Waals surface area contributed by atoms with Gasteiger partial charge in [-0.25, -0.2) is 0 Å². The molecule has 1 aliphatic rings. The fourth-order valence-corrected chi connectivity index (χ4v) is 2.99. The number of ether oxygens (including phenoxy) is 2. The van der Waals surface area contributed by atoms with Crippen LogP contribution in [0.2, 0.25) is 10.0 Å². The van der Waals surface area contributed by atoms with Crippen LogP contribution in [0.15, 0.2) is 30.6 Å². The Morgan fingerprint density at radius 1 is 1.43 bits per heavy atom. The van der Waals surface area contributed by atoms with E-state index in [4.69, 9.17) is 32.7 Å². The summed E-state index contributed by atoms with van der Waals surface area (Å²) in [6, 6.07) is 5.21. The maximum Gasteiger partial charge on any atom is 0.302 e. The quantitative estimate of drug-likeness (QED) is 0.862. The molecule has 0 radical (unpaired) electrons. The van der Waals surface area contributed by atoms with Crippen LogP contribution in [0.3, 0.4) is 0 Å². The molecule has 21 heavy (non-hydrogen) atoms. The first-order valence-corrected chi connectivity index (χ1v) is 7.55. The molecule has 112 valence electrons. The fourth-order valence-electron chi connectivity index (χ4n) is 2.46. The fraction of sp³-hybridized carbons (Fsp3) is 0.429. The van der Waals surface area contributed by atoms with Crippen LogP contribution in [0.4, 0.5) is 0 Å². The number of aromatic nitrogens is 3. The van der Waals surface area contributed by atoms with Crippen LogP contribution in [0.1, 0.15) is 25.3 Å². The molecule has 7 heteroatoms. The van der Waals surface area contributed by atoms with Crippen molar-refractivity contribution in [3.05, 3.63) is 46.2 Å². The number of benzene rings is 1. The Bertz CT molecular complexity index is 621. The van der Waals surface area contributed by atoms with Gasteiger partial charge in [0.25, 0.3) is 0 Å². The third-order valence-electron chi connectivity index (χ3n) is 3.40. The van der Waals surface area contributed by atoms with Gasteiger partial charge < -0.3 is 9.47 Å². The third-order valence-corrected chi connectivity index (χ3v) is 3.95. The van der Waals surface area contributed by atoms with Gasteiger partial charge in [0.15, 0.2) is 0 Å². The highest BCUT2D eigenvalue weighted by atomic mass is 35.5. The average Bonchev–Trinajstić information content (AvgIpc) is 3.09. The van der Waals surface area contributed by atoms with Gasteiger partial charge in [0.2, 0.25) is 0 Å². The Morgan fingerprint density at radius 3 is 2.95 bits per heavy atom. The van der Waals surface area contributed by atoms with E-state index in [1.165, 1.54) is 4.68 Å². The van der Waals surface area contributed by atoms with E-state index in [2.05, 4.69) is 17.2 Å². The molecule has 1 saturated heterocycles. The Morgan fingerprint density at radius 2 is 2.29 bits per heavy atom. The molecule has 5 nitrogen and oxygen atoms in total. The smallest absolute Gasteiger partial charge is 0.302 e. The summed E-state index contributed by atoms with van der Waals surface area (Å²) in [6.45, 7) is 2.58. The SMILES string of the molecule is CCCC1COC(c2ccc(Cl)cc2Cl)(n2ccnn2)O1. The number of rotatable bonds is 4. The van der Waals surface area contributed by atoms with E-state index in [-0.39, 0.29) is 6.10 Å². The minimum Gasteiger partial charge on any atom is -0.325 e. The summed E-state index contributed by atoms with van der Waals surface area (Å²) in [7, 11) is 0. The first-order chi connectivity index (χ1) is 10.2. The van der Waals surface area contributed by atoms with Gasteiger partial charge in [0.1, 0.15) is 0 Å². The molecule has 1 aromatic carbocycles. The molecule has 2 atom stereocenters. The third kappa shape index (κ3) is 2.66. The van der Waals surface area contributed by atoms with Crippen LogP contribution in [-0.4, -0.2) is 27.7 Å². The van der Waals surface area contributed by atoms with Crippen molar-refractivity contribution < 1.29 is 9.47 Å². The van der Waals surface area contributed by atoms with Crippen molar-refractivity contribution in [3.63, 3.8) is 0 Å². The molecule has 1 aliphatic heterocycles. The topological polar surface area (TPSA) is 49.2 Å². The highest BCUT2D eigenvalue weighted by Crippen LogP contribution is 2.40. The lowest BCUT2D eigenvalue weighted by Gasteiger charge is -2.28. The molecule has 3 rings (SSSR count). The molecule has 0 bridgehead atoms. The van der Waals surface area contributed by atoms with E-state index in [1.807, 2.05) is 0 Å². The first kappa shape index (κ1) is 14.8. The highest BCUT2D eigenvalue weighted by Gasteiger charge is 2.47. The second-order valence-corrected chi connectivity index (χ2v) is 5.74. The first-order valence-electron chi connectivity index (χ1n) is 6.80. The van der Waals surface area contributed by atoms with Crippen LogP contribution in [0, 0.1) is 0 Å². The number of hydrogen-bond donors (Lipinski definition) is 0. The summed E-state index contributed by atoms with van der Waals surface area (Å²) in [4.78, 5) is 0. The zero-order chi connectivity index (χ0) is 14.9. The van der Waals surface area contributed by atoms with Gasteiger partial charge >= 0.3 is 5.91 Å². The van der Waals surface area contributed by atoms with Crippen LogP contribution in [-0.2, 0) is 15.4 Å². The molecule has 1 fully saturated rings. The predicted octanol–water partition coefficient (Wildman–Crippen LogP) is 3.46. The van der Waals surface area contributed by atoms with Gasteiger partial charge in [-0.2, -0.15) is 4.68 Å². The summed E-state index contributed by atoms with van der Waals surface area (Å²) in [5.41, 5.74) is 0.665. The van der Waals surface area contributed by atoms with Crippen LogP contribution in [0.5, 0.6) is 0 Å². The van der Waals surface area contributed by atoms with Crippen molar-refractivity contribution in [2.45, 2.75) is 31.8 Å². The summed E-state index contributed by atoms with van der Waals surface area (Å²) < 4.78 is 13.7. The second-order valence-electron chi connectivity index (χ2n) is 4.89. The van der Waals surface area contributed by atoms with Gasteiger partial charge in [-0.3, -0.25) is 0 Å². The van der Waals surface area contributed by atoms with E-state index in [1.54, 1.807) is 30.6 Å². The van der Waals surface area contributed by atoms with Crippen LogP contribution in [0.25, 0.3) is 0 Å². The molecular weight excluding hydrogens is 313 g/mol. The van der Waals surface area contributed by atoms with Gasteiger partial charge in [-0.15, -0.1) is 5.10 Å². The molecule has 0 aliphatic carbocycles. The molecule has 2 heterocycles. The molecule has 2 unspecified atom stereocenters. The molecule has 0 N–H and O–H groups in total. The normalized spacial score (nSPS) is 25.4. The highest BCUT2D eigenvalue weighted by molar-refractivity contribution is 6.35. The maximum absolute atomic E-state index is 6.33. The van der Waals surface area contributed by atoms with Gasteiger partial charge in [-0.1, -0.05) is 41.8 Å². The molecule has 2 aromatic rings. The summed E-state index contributed by atoms with van der Waals surface area (Å²) in [5, 5.41) is 8.89. The standard InChI is InChI=1S/C14H15Cl2N3O2/c1-2-3-11-9-20-14(21-11,19-7-6-17-18-19)12-5-4-10(15)8-13(12)16/h4-8,11H,2-3,9H2,1H3. The second kappa shape index (κ2) is 5.93. The van der Waals surface area contributed by atoms with E-state index in [0.717, 1.165) is 12.8 Å². The number of nitrogens with zero attached hydrogens (tertiary/aromatic N) is 3. The van der Waals surface area contributed by atoms with Crippen molar-refractivity contribution >= 4 is 23.2 Å². The number of hydrogen-bond acceptors (Lipinski definition) is 4. The minimum absolute atomic E-state index is 0.00838. The van der Waals surface area contributed by atoms with Crippen molar-refractivity contribution in [2.24, 2.45) is 0 Å². The lowest BCUT2D eigenvalue weighted by molar-refractivity contribution is -0.207. The van der Waals surface area contributed by atoms with Crippen molar-refractivity contribution in [3.8, 4) is 0 Å². The average molecular weight is 328 g/mol. The van der Waals surface area contributed by atoms with E-state index >= 15 is 0 Å². The van der Waals surface area contributed by atoms with Crippen molar-refractivity contribution in [2.75, 3.05) is 6.61 Å². The lowest BCUT2D eigenvalue weighted by Crippen LogP contribution is -2.37. The largest absolute Gasteiger partial charge is 0.325 e. The molecule has 1 aromatic heterocycles. The lowest BCUT2D eigenvalue weighted by atomic mass is 10.1. The van der Waals surface area contributed by atoms with Crippen LogP contribution >= 0.6 is 23.2 Å². The van der Waals surface area contributed by atoms with E-state index < -0.39 is 5.91 Å². The van der Waals surface area contributed by atoms with E-state index in [0.29, 0.717) is 22.2 Å². The van der Waals surface area contributed by atoms with Crippen molar-refractivity contribution in [1.82, 2.24) is 15.0 Å². The summed E-state index contributed by atoms with van der Waals surface area (Å²) >= 11 is 12.3. The minimum atomic E-state index is -1.18. The Hall–Kier alpha value is -1.14. The zero-order valence-corrected chi connectivity index (χ0v) is 13.0. The molecular formula is C14H15Cl2N3O2. The molecule has 0 amide bonds.